The van der Waals surface area contributed by atoms with E-state index in [1.807, 2.05) is 0 Å². The molecular formula is C14H17NO2S. The van der Waals surface area contributed by atoms with Gasteiger partial charge in [0, 0.05) is 30.0 Å². The molecule has 2 amide bonds. The van der Waals surface area contributed by atoms with E-state index in [1.165, 1.54) is 20.9 Å². The first-order chi connectivity index (χ1) is 8.58. The van der Waals surface area contributed by atoms with Crippen LogP contribution < -0.4 is 0 Å². The molecular weight excluding hydrogens is 246 g/mol. The Morgan fingerprint density at radius 3 is 2.50 bits per heavy atom. The highest BCUT2D eigenvalue weighted by molar-refractivity contribution is 7.99. The number of rotatable bonds is 4. The normalized spacial score (nSPS) is 15.6. The second-order valence-electron chi connectivity index (χ2n) is 4.56. The van der Waals surface area contributed by atoms with Gasteiger partial charge in [-0.1, -0.05) is 17.7 Å². The van der Waals surface area contributed by atoms with Gasteiger partial charge >= 0.3 is 0 Å². The number of carbonyl (C=O) groups is 2. The van der Waals surface area contributed by atoms with Crippen molar-refractivity contribution in [3.05, 3.63) is 29.3 Å². The van der Waals surface area contributed by atoms with Gasteiger partial charge in [-0.15, -0.1) is 11.8 Å². The average molecular weight is 263 g/mol. The van der Waals surface area contributed by atoms with Crippen LogP contribution in [0.2, 0.25) is 0 Å². The summed E-state index contributed by atoms with van der Waals surface area (Å²) >= 11 is 1.71. The van der Waals surface area contributed by atoms with Crippen LogP contribution in [-0.4, -0.2) is 29.0 Å². The Bertz CT molecular complexity index is 469. The van der Waals surface area contributed by atoms with Crippen molar-refractivity contribution in [3.8, 4) is 0 Å². The fourth-order valence-electron chi connectivity index (χ4n) is 1.98. The summed E-state index contributed by atoms with van der Waals surface area (Å²) in [5, 5.41) is 0. The quantitative estimate of drug-likeness (QED) is 0.619. The molecule has 1 aliphatic rings. The molecule has 1 aromatic rings. The van der Waals surface area contributed by atoms with E-state index in [-0.39, 0.29) is 11.8 Å². The Labute approximate surface area is 112 Å². The number of hydrogen-bond acceptors (Lipinski definition) is 3. The third-order valence-corrected chi connectivity index (χ3v) is 4.21. The monoisotopic (exact) mass is 263 g/mol. The first-order valence-electron chi connectivity index (χ1n) is 6.11. The minimum Gasteiger partial charge on any atom is -0.282 e. The molecule has 0 radical (unpaired) electrons. The van der Waals surface area contributed by atoms with Crippen molar-refractivity contribution < 1.29 is 9.59 Å². The van der Waals surface area contributed by atoms with Crippen molar-refractivity contribution in [3.63, 3.8) is 0 Å². The molecule has 0 N–H and O–H groups in total. The summed E-state index contributed by atoms with van der Waals surface area (Å²) in [7, 11) is 0. The van der Waals surface area contributed by atoms with E-state index in [4.69, 9.17) is 0 Å². The van der Waals surface area contributed by atoms with Gasteiger partial charge in [-0.25, -0.2) is 0 Å². The van der Waals surface area contributed by atoms with Crippen LogP contribution in [0.5, 0.6) is 0 Å². The minimum absolute atomic E-state index is 0.0263. The summed E-state index contributed by atoms with van der Waals surface area (Å²) in [6, 6.07) is 6.34. The van der Waals surface area contributed by atoms with Crippen molar-refractivity contribution in [1.29, 1.82) is 0 Å². The molecule has 4 heteroatoms. The molecule has 0 atom stereocenters. The zero-order valence-corrected chi connectivity index (χ0v) is 11.5. The van der Waals surface area contributed by atoms with E-state index in [0.29, 0.717) is 19.4 Å². The van der Waals surface area contributed by atoms with Crippen LogP contribution in [0.4, 0.5) is 0 Å². The van der Waals surface area contributed by atoms with Crippen molar-refractivity contribution in [2.45, 2.75) is 31.6 Å². The van der Waals surface area contributed by atoms with Crippen LogP contribution >= 0.6 is 11.8 Å². The lowest BCUT2D eigenvalue weighted by atomic mass is 10.2. The maximum absolute atomic E-state index is 11.4. The van der Waals surface area contributed by atoms with Gasteiger partial charge in [-0.05, 0) is 25.5 Å². The number of carbonyl (C=O) groups excluding carboxylic acids is 2. The molecule has 1 aromatic carbocycles. The Balaban J connectivity index is 1.90. The van der Waals surface area contributed by atoms with Gasteiger partial charge in [-0.3, -0.25) is 14.5 Å². The van der Waals surface area contributed by atoms with Crippen molar-refractivity contribution >= 4 is 23.6 Å². The first-order valence-corrected chi connectivity index (χ1v) is 7.10. The Morgan fingerprint density at radius 1 is 1.17 bits per heavy atom. The number of imide groups is 1. The van der Waals surface area contributed by atoms with Gasteiger partial charge in [0.05, 0.1) is 0 Å². The Kier molecular flexibility index (Phi) is 4.07. The molecule has 96 valence electrons. The molecule has 0 aliphatic carbocycles. The highest BCUT2D eigenvalue weighted by Crippen LogP contribution is 2.24. The SMILES string of the molecule is Cc1ccc(C)c(SCCN2C(=O)CCC2=O)c1. The number of thioether (sulfide) groups is 1. The molecule has 1 heterocycles. The fourth-order valence-corrected chi connectivity index (χ4v) is 3.04. The van der Waals surface area contributed by atoms with E-state index in [9.17, 15) is 9.59 Å². The molecule has 18 heavy (non-hydrogen) atoms. The molecule has 1 saturated heterocycles. The largest absolute Gasteiger partial charge is 0.282 e. The second-order valence-corrected chi connectivity index (χ2v) is 5.69. The van der Waals surface area contributed by atoms with Crippen LogP contribution in [0.1, 0.15) is 24.0 Å². The van der Waals surface area contributed by atoms with Crippen LogP contribution in [0, 0.1) is 13.8 Å². The number of aryl methyl sites for hydroxylation is 2. The van der Waals surface area contributed by atoms with Crippen LogP contribution in [0.25, 0.3) is 0 Å². The molecule has 2 rings (SSSR count). The average Bonchev–Trinajstić information content (AvgIpc) is 2.65. The van der Waals surface area contributed by atoms with E-state index in [0.717, 1.165) is 5.75 Å². The fraction of sp³-hybridized carbons (Fsp3) is 0.429. The van der Waals surface area contributed by atoms with Gasteiger partial charge in [0.25, 0.3) is 0 Å². The standard InChI is InChI=1S/C14H17NO2S/c1-10-3-4-11(2)12(9-10)18-8-7-15-13(16)5-6-14(15)17/h3-4,9H,5-8H2,1-2H3. The highest BCUT2D eigenvalue weighted by atomic mass is 32.2. The summed E-state index contributed by atoms with van der Waals surface area (Å²) in [5.41, 5.74) is 2.47. The number of benzene rings is 1. The summed E-state index contributed by atoms with van der Waals surface area (Å²) in [5.74, 6) is 0.713. The van der Waals surface area contributed by atoms with Crippen molar-refractivity contribution in [2.24, 2.45) is 0 Å². The second kappa shape index (κ2) is 5.57. The molecule has 0 bridgehead atoms. The summed E-state index contributed by atoms with van der Waals surface area (Å²) < 4.78 is 0. The lowest BCUT2D eigenvalue weighted by Gasteiger charge is -2.13. The zero-order chi connectivity index (χ0) is 13.1. The summed E-state index contributed by atoms with van der Waals surface area (Å²) in [4.78, 5) is 25.5. The van der Waals surface area contributed by atoms with Crippen molar-refractivity contribution in [2.75, 3.05) is 12.3 Å². The van der Waals surface area contributed by atoms with Gasteiger partial charge in [0.15, 0.2) is 0 Å². The number of likely N-dealkylation sites (tertiary alicyclic amines) is 1. The van der Waals surface area contributed by atoms with Crippen molar-refractivity contribution in [1.82, 2.24) is 4.90 Å². The van der Waals surface area contributed by atoms with E-state index < -0.39 is 0 Å². The third kappa shape index (κ3) is 2.93. The lowest BCUT2D eigenvalue weighted by molar-refractivity contribution is -0.137. The number of nitrogens with zero attached hydrogens (tertiary/aromatic N) is 1. The molecule has 0 saturated carbocycles. The number of hydrogen-bond donors (Lipinski definition) is 0. The molecule has 0 spiro atoms. The number of amides is 2. The predicted molar refractivity (Wildman–Crippen MR) is 72.6 cm³/mol. The van der Waals surface area contributed by atoms with E-state index >= 15 is 0 Å². The molecule has 0 unspecified atom stereocenters. The van der Waals surface area contributed by atoms with Gasteiger partial charge in [0.2, 0.25) is 11.8 Å². The molecule has 1 aliphatic heterocycles. The van der Waals surface area contributed by atoms with Crippen LogP contribution in [0.15, 0.2) is 23.1 Å². The van der Waals surface area contributed by atoms with E-state index in [1.54, 1.807) is 11.8 Å². The van der Waals surface area contributed by atoms with Gasteiger partial charge in [-0.2, -0.15) is 0 Å². The smallest absolute Gasteiger partial charge is 0.229 e. The zero-order valence-electron chi connectivity index (χ0n) is 10.7. The maximum Gasteiger partial charge on any atom is 0.229 e. The molecule has 0 aromatic heterocycles. The topological polar surface area (TPSA) is 37.4 Å². The molecule has 3 nitrogen and oxygen atoms in total. The minimum atomic E-state index is -0.0263. The van der Waals surface area contributed by atoms with Gasteiger partial charge < -0.3 is 0 Å². The lowest BCUT2D eigenvalue weighted by Crippen LogP contribution is -2.31. The van der Waals surface area contributed by atoms with Crippen LogP contribution in [0.3, 0.4) is 0 Å². The first kappa shape index (κ1) is 13.1. The highest BCUT2D eigenvalue weighted by Gasteiger charge is 2.28. The van der Waals surface area contributed by atoms with Crippen LogP contribution in [-0.2, 0) is 9.59 Å². The van der Waals surface area contributed by atoms with E-state index in [2.05, 4.69) is 32.0 Å². The molecule has 1 fully saturated rings. The summed E-state index contributed by atoms with van der Waals surface area (Å²) in [6.45, 7) is 4.67. The third-order valence-electron chi connectivity index (χ3n) is 3.07. The maximum atomic E-state index is 11.4. The Hall–Kier alpha value is -1.29. The Morgan fingerprint density at radius 2 is 1.83 bits per heavy atom. The van der Waals surface area contributed by atoms with Gasteiger partial charge in [0.1, 0.15) is 0 Å². The summed E-state index contributed by atoms with van der Waals surface area (Å²) in [6.07, 6.45) is 0.764. The predicted octanol–water partition coefficient (Wildman–Crippen LogP) is 2.54.